The Morgan fingerprint density at radius 2 is 2.47 bits per heavy atom. The van der Waals surface area contributed by atoms with E-state index in [-0.39, 0.29) is 22.7 Å². The third-order valence-corrected chi connectivity index (χ3v) is 4.15. The van der Waals surface area contributed by atoms with Crippen molar-refractivity contribution in [2.75, 3.05) is 13.2 Å². The van der Waals surface area contributed by atoms with Crippen molar-refractivity contribution < 1.29 is 19.4 Å². The molecule has 2 N–H and O–H groups in total. The Balaban J connectivity index is 1.86. The predicted molar refractivity (Wildman–Crippen MR) is 69.2 cm³/mol. The molecule has 1 aliphatic rings. The molecular formula is C12H16N2O4S. The number of nitrogens with one attached hydrogen (secondary N) is 1. The van der Waals surface area contributed by atoms with Gasteiger partial charge < -0.3 is 15.2 Å². The number of amides is 1. The zero-order chi connectivity index (χ0) is 13.8. The lowest BCUT2D eigenvalue weighted by Gasteiger charge is -2.13. The summed E-state index contributed by atoms with van der Waals surface area (Å²) in [6.07, 6.45) is 2.68. The largest absolute Gasteiger partial charge is 0.477 e. The van der Waals surface area contributed by atoms with Gasteiger partial charge in [0.15, 0.2) is 0 Å². The van der Waals surface area contributed by atoms with Gasteiger partial charge in [0, 0.05) is 19.6 Å². The highest BCUT2D eigenvalue weighted by Crippen LogP contribution is 2.21. The van der Waals surface area contributed by atoms with Crippen molar-refractivity contribution in [1.29, 1.82) is 0 Å². The standard InChI is InChI=1S/C12H16N2O4S/c1-7(11-13-5-9(19-11)12(16)17)14-10(15)4-8-2-3-18-6-8/h5,7-8H,2-4,6H2,1H3,(H,14,15)(H,16,17). The number of rotatable bonds is 5. The van der Waals surface area contributed by atoms with Crippen molar-refractivity contribution >= 4 is 23.2 Å². The molecule has 0 spiro atoms. The number of hydrogen-bond acceptors (Lipinski definition) is 5. The molecule has 1 aliphatic heterocycles. The maximum atomic E-state index is 11.8. The average Bonchev–Trinajstić information content (AvgIpc) is 2.98. The van der Waals surface area contributed by atoms with E-state index in [0.29, 0.717) is 18.0 Å². The van der Waals surface area contributed by atoms with Crippen LogP contribution < -0.4 is 5.32 Å². The minimum atomic E-state index is -0.995. The second kappa shape index (κ2) is 6.12. The van der Waals surface area contributed by atoms with Crippen molar-refractivity contribution in [2.45, 2.75) is 25.8 Å². The Kier molecular flexibility index (Phi) is 4.49. The summed E-state index contributed by atoms with van der Waals surface area (Å²) < 4.78 is 5.22. The highest BCUT2D eigenvalue weighted by Gasteiger charge is 2.21. The predicted octanol–water partition coefficient (Wildman–Crippen LogP) is 1.45. The van der Waals surface area contributed by atoms with Crippen LogP contribution in [-0.4, -0.2) is 35.2 Å². The van der Waals surface area contributed by atoms with E-state index in [1.165, 1.54) is 6.20 Å². The normalized spacial score (nSPS) is 20.2. The molecule has 1 aromatic heterocycles. The van der Waals surface area contributed by atoms with Crippen molar-refractivity contribution in [1.82, 2.24) is 10.3 Å². The van der Waals surface area contributed by atoms with Gasteiger partial charge in [-0.2, -0.15) is 0 Å². The van der Waals surface area contributed by atoms with Gasteiger partial charge in [0.25, 0.3) is 0 Å². The summed E-state index contributed by atoms with van der Waals surface area (Å²) in [5.41, 5.74) is 0. The maximum Gasteiger partial charge on any atom is 0.347 e. The molecule has 0 radical (unpaired) electrons. The quantitative estimate of drug-likeness (QED) is 0.854. The summed E-state index contributed by atoms with van der Waals surface area (Å²) in [4.78, 5) is 26.8. The molecule has 2 heterocycles. The Morgan fingerprint density at radius 3 is 3.05 bits per heavy atom. The van der Waals surface area contributed by atoms with Crippen molar-refractivity contribution in [3.63, 3.8) is 0 Å². The molecule has 19 heavy (non-hydrogen) atoms. The third kappa shape index (κ3) is 3.74. The van der Waals surface area contributed by atoms with E-state index in [9.17, 15) is 9.59 Å². The number of carbonyl (C=O) groups excluding carboxylic acids is 1. The number of aromatic carboxylic acids is 1. The fraction of sp³-hybridized carbons (Fsp3) is 0.583. The van der Waals surface area contributed by atoms with Crippen LogP contribution in [0.3, 0.4) is 0 Å². The number of hydrogen-bond donors (Lipinski definition) is 2. The SMILES string of the molecule is CC(NC(=O)CC1CCOC1)c1ncc(C(=O)O)s1. The van der Waals surface area contributed by atoms with E-state index < -0.39 is 5.97 Å². The molecule has 0 saturated carbocycles. The first-order valence-electron chi connectivity index (χ1n) is 6.12. The second-order valence-electron chi connectivity index (χ2n) is 4.59. The summed E-state index contributed by atoms with van der Waals surface area (Å²) in [5.74, 6) is -0.751. The summed E-state index contributed by atoms with van der Waals surface area (Å²) in [6, 6.07) is -0.270. The monoisotopic (exact) mass is 284 g/mol. The molecule has 2 atom stereocenters. The van der Waals surface area contributed by atoms with Crippen molar-refractivity contribution in [2.24, 2.45) is 5.92 Å². The van der Waals surface area contributed by atoms with Crippen LogP contribution in [0.25, 0.3) is 0 Å². The van der Waals surface area contributed by atoms with Gasteiger partial charge in [-0.3, -0.25) is 4.79 Å². The van der Waals surface area contributed by atoms with Gasteiger partial charge in [-0.1, -0.05) is 0 Å². The molecule has 104 valence electrons. The van der Waals surface area contributed by atoms with Gasteiger partial charge in [0.05, 0.1) is 12.2 Å². The fourth-order valence-corrected chi connectivity index (χ4v) is 2.71. The van der Waals surface area contributed by atoms with E-state index in [0.717, 1.165) is 24.4 Å². The van der Waals surface area contributed by atoms with Crippen molar-refractivity contribution in [3.8, 4) is 0 Å². The number of carboxylic acid groups (broad SMARTS) is 1. The van der Waals surface area contributed by atoms with Gasteiger partial charge in [-0.15, -0.1) is 11.3 Å². The summed E-state index contributed by atoms with van der Waals surface area (Å²) in [5, 5.41) is 12.3. The zero-order valence-electron chi connectivity index (χ0n) is 10.6. The molecule has 1 amide bonds. The molecule has 1 saturated heterocycles. The van der Waals surface area contributed by atoms with Crippen LogP contribution in [0.4, 0.5) is 0 Å². The fourth-order valence-electron chi connectivity index (χ4n) is 1.96. The number of nitrogens with zero attached hydrogens (tertiary/aromatic N) is 1. The molecule has 2 rings (SSSR count). The molecule has 7 heteroatoms. The van der Waals surface area contributed by atoms with Gasteiger partial charge in [0.1, 0.15) is 9.88 Å². The molecular weight excluding hydrogens is 268 g/mol. The molecule has 0 aliphatic carbocycles. The summed E-state index contributed by atoms with van der Waals surface area (Å²) in [6.45, 7) is 3.16. The maximum absolute atomic E-state index is 11.8. The molecule has 1 aromatic rings. The average molecular weight is 284 g/mol. The van der Waals surface area contributed by atoms with Crippen LogP contribution in [-0.2, 0) is 9.53 Å². The van der Waals surface area contributed by atoms with Crippen LogP contribution >= 0.6 is 11.3 Å². The molecule has 2 unspecified atom stereocenters. The lowest BCUT2D eigenvalue weighted by Crippen LogP contribution is -2.28. The van der Waals surface area contributed by atoms with E-state index in [2.05, 4.69) is 10.3 Å². The summed E-state index contributed by atoms with van der Waals surface area (Å²) in [7, 11) is 0. The Bertz CT molecular complexity index is 468. The Morgan fingerprint density at radius 1 is 1.68 bits per heavy atom. The molecule has 6 nitrogen and oxygen atoms in total. The van der Waals surface area contributed by atoms with Gasteiger partial charge in [0.2, 0.25) is 5.91 Å². The van der Waals surface area contributed by atoms with Gasteiger partial charge in [-0.05, 0) is 19.3 Å². The van der Waals surface area contributed by atoms with Crippen LogP contribution in [0.2, 0.25) is 0 Å². The number of carboxylic acids is 1. The number of thiazole rings is 1. The smallest absolute Gasteiger partial charge is 0.347 e. The number of ether oxygens (including phenoxy) is 1. The first-order chi connectivity index (χ1) is 9.06. The van der Waals surface area contributed by atoms with Gasteiger partial charge >= 0.3 is 5.97 Å². The molecule has 0 aromatic carbocycles. The Labute approximate surface area is 114 Å². The van der Waals surface area contributed by atoms with E-state index in [1.807, 2.05) is 0 Å². The van der Waals surface area contributed by atoms with Crippen LogP contribution in [0.5, 0.6) is 0 Å². The number of carbonyl (C=O) groups is 2. The van der Waals surface area contributed by atoms with E-state index in [1.54, 1.807) is 6.92 Å². The summed E-state index contributed by atoms with van der Waals surface area (Å²) >= 11 is 1.08. The Hall–Kier alpha value is -1.47. The second-order valence-corrected chi connectivity index (χ2v) is 5.65. The van der Waals surface area contributed by atoms with E-state index in [4.69, 9.17) is 9.84 Å². The van der Waals surface area contributed by atoms with Gasteiger partial charge in [-0.25, -0.2) is 9.78 Å². The zero-order valence-corrected chi connectivity index (χ0v) is 11.4. The number of aromatic nitrogens is 1. The minimum absolute atomic E-state index is 0.0462. The topological polar surface area (TPSA) is 88.5 Å². The molecule has 1 fully saturated rings. The van der Waals surface area contributed by atoms with Crippen LogP contribution in [0.15, 0.2) is 6.20 Å². The minimum Gasteiger partial charge on any atom is -0.477 e. The lowest BCUT2D eigenvalue weighted by molar-refractivity contribution is -0.122. The van der Waals surface area contributed by atoms with Crippen molar-refractivity contribution in [3.05, 3.63) is 16.1 Å². The first-order valence-corrected chi connectivity index (χ1v) is 6.94. The highest BCUT2D eigenvalue weighted by molar-refractivity contribution is 7.13. The third-order valence-electron chi connectivity index (χ3n) is 2.98. The van der Waals surface area contributed by atoms with E-state index >= 15 is 0 Å². The van der Waals surface area contributed by atoms with Crippen LogP contribution in [0.1, 0.15) is 40.5 Å². The highest BCUT2D eigenvalue weighted by atomic mass is 32.1. The molecule has 0 bridgehead atoms. The first kappa shape index (κ1) is 14.0. The van der Waals surface area contributed by atoms with Crippen LogP contribution in [0, 0.1) is 5.92 Å². The lowest BCUT2D eigenvalue weighted by atomic mass is 10.0.